The minimum Gasteiger partial charge on any atom is -0.504 e. The van der Waals surface area contributed by atoms with Crippen LogP contribution in [0.2, 0.25) is 0 Å². The maximum absolute atomic E-state index is 12.3. The first kappa shape index (κ1) is 16.0. The highest BCUT2D eigenvalue weighted by molar-refractivity contribution is 7.15. The molecule has 124 valence electrons. The summed E-state index contributed by atoms with van der Waals surface area (Å²) < 4.78 is 7.04. The van der Waals surface area contributed by atoms with E-state index in [0.29, 0.717) is 29.3 Å². The Morgan fingerprint density at radius 3 is 3.17 bits per heavy atom. The Kier molecular flexibility index (Phi) is 4.48. The fourth-order valence-electron chi connectivity index (χ4n) is 2.27. The number of aromatic nitrogens is 2. The zero-order valence-corrected chi connectivity index (χ0v) is 14.0. The average molecular weight is 344 g/mol. The van der Waals surface area contributed by atoms with Crippen molar-refractivity contribution in [2.75, 3.05) is 6.61 Å². The Labute approximate surface area is 142 Å². The molecule has 1 aromatic carbocycles. The van der Waals surface area contributed by atoms with Crippen LogP contribution < -0.4 is 10.2 Å². The van der Waals surface area contributed by atoms with Gasteiger partial charge in [0, 0.05) is 11.6 Å². The van der Waals surface area contributed by atoms with Gasteiger partial charge in [0.15, 0.2) is 16.5 Å². The van der Waals surface area contributed by atoms with Crippen molar-refractivity contribution in [2.24, 2.45) is 5.10 Å². The first-order valence-corrected chi connectivity index (χ1v) is 8.19. The molecule has 0 saturated heterocycles. The summed E-state index contributed by atoms with van der Waals surface area (Å²) in [6.07, 6.45) is 3.29. The maximum atomic E-state index is 12.3. The zero-order chi connectivity index (χ0) is 17.1. The van der Waals surface area contributed by atoms with Crippen molar-refractivity contribution >= 4 is 28.4 Å². The lowest BCUT2D eigenvalue weighted by molar-refractivity contribution is 0.0948. The topological polar surface area (TPSA) is 88.2 Å². The Bertz CT molecular complexity index is 913. The number of hydrogen-bond acceptors (Lipinski definition) is 6. The number of nitrogens with zero attached hydrogens (tertiary/aromatic N) is 3. The number of hydrazone groups is 1. The highest BCUT2D eigenvalue weighted by Gasteiger charge is 2.16. The number of ether oxygens (including phenoxy) is 1. The largest absolute Gasteiger partial charge is 0.504 e. The quantitative estimate of drug-likeness (QED) is 0.550. The number of phenolic OH excluding ortho intramolecular Hbond substituents is 1. The molecule has 0 radical (unpaired) electrons. The molecule has 0 aliphatic carbocycles. The molecule has 1 amide bonds. The van der Waals surface area contributed by atoms with E-state index in [-0.39, 0.29) is 11.7 Å². The molecule has 0 fully saturated rings. The molecule has 3 aromatic rings. The lowest BCUT2D eigenvalue weighted by Crippen LogP contribution is -2.20. The number of thiazole rings is 1. The number of aromatic hydroxyl groups is 1. The van der Waals surface area contributed by atoms with Gasteiger partial charge in [-0.3, -0.25) is 9.20 Å². The second kappa shape index (κ2) is 6.71. The molecular formula is C16H16N4O3S. The summed E-state index contributed by atoms with van der Waals surface area (Å²) in [5, 5.41) is 15.5. The van der Waals surface area contributed by atoms with Gasteiger partial charge in [0.05, 0.1) is 18.5 Å². The smallest absolute Gasteiger partial charge is 0.290 e. The third kappa shape index (κ3) is 3.09. The molecular weight excluding hydrogens is 328 g/mol. The second-order valence-corrected chi connectivity index (χ2v) is 5.83. The van der Waals surface area contributed by atoms with Crippen LogP contribution in [0.4, 0.5) is 0 Å². The Morgan fingerprint density at radius 2 is 2.38 bits per heavy atom. The first-order chi connectivity index (χ1) is 11.6. The van der Waals surface area contributed by atoms with Crippen LogP contribution in [0.1, 0.15) is 28.7 Å². The lowest BCUT2D eigenvalue weighted by atomic mass is 10.2. The minimum atomic E-state index is -0.335. The summed E-state index contributed by atoms with van der Waals surface area (Å²) in [5.74, 6) is 0.102. The van der Waals surface area contributed by atoms with E-state index < -0.39 is 0 Å². The average Bonchev–Trinajstić information content (AvgIpc) is 3.10. The molecule has 0 aliphatic heterocycles. The van der Waals surface area contributed by atoms with E-state index in [0.717, 1.165) is 4.96 Å². The summed E-state index contributed by atoms with van der Waals surface area (Å²) in [4.78, 5) is 17.4. The van der Waals surface area contributed by atoms with Gasteiger partial charge in [-0.15, -0.1) is 11.3 Å². The van der Waals surface area contributed by atoms with Crippen molar-refractivity contribution < 1.29 is 14.6 Å². The van der Waals surface area contributed by atoms with E-state index in [1.165, 1.54) is 23.6 Å². The third-order valence-corrected chi connectivity index (χ3v) is 4.07. The van der Waals surface area contributed by atoms with Gasteiger partial charge >= 0.3 is 0 Å². The van der Waals surface area contributed by atoms with E-state index in [2.05, 4.69) is 15.5 Å². The number of imidazole rings is 1. The molecule has 0 saturated carbocycles. The SMILES string of the molecule is CCOc1cc(/C=N\NC(=O)c2c(C)nc3sccn23)ccc1O. The monoisotopic (exact) mass is 344 g/mol. The van der Waals surface area contributed by atoms with Crippen LogP contribution >= 0.6 is 11.3 Å². The van der Waals surface area contributed by atoms with E-state index in [9.17, 15) is 9.90 Å². The van der Waals surface area contributed by atoms with Crippen LogP contribution in [0.15, 0.2) is 34.9 Å². The van der Waals surface area contributed by atoms with Crippen molar-refractivity contribution in [1.82, 2.24) is 14.8 Å². The number of benzene rings is 1. The number of carbonyl (C=O) groups is 1. The van der Waals surface area contributed by atoms with Crippen LogP contribution in [0.3, 0.4) is 0 Å². The second-order valence-electron chi connectivity index (χ2n) is 4.96. The molecule has 0 bridgehead atoms. The van der Waals surface area contributed by atoms with Crippen molar-refractivity contribution in [1.29, 1.82) is 0 Å². The standard InChI is InChI=1S/C16H16N4O3S/c1-3-23-13-8-11(4-5-12(13)21)9-17-19-15(22)14-10(2)18-16-20(14)6-7-24-16/h4-9,21H,3H2,1-2H3,(H,19,22)/b17-9-. The van der Waals surface area contributed by atoms with Gasteiger partial charge < -0.3 is 9.84 Å². The highest BCUT2D eigenvalue weighted by atomic mass is 32.1. The molecule has 0 spiro atoms. The van der Waals surface area contributed by atoms with Crippen LogP contribution in [-0.2, 0) is 0 Å². The molecule has 2 heterocycles. The summed E-state index contributed by atoms with van der Waals surface area (Å²) in [5.41, 5.74) is 4.30. The van der Waals surface area contributed by atoms with Crippen molar-refractivity contribution in [2.45, 2.75) is 13.8 Å². The summed E-state index contributed by atoms with van der Waals surface area (Å²) >= 11 is 1.46. The number of nitrogens with one attached hydrogen (secondary N) is 1. The minimum absolute atomic E-state index is 0.0628. The molecule has 24 heavy (non-hydrogen) atoms. The van der Waals surface area contributed by atoms with Crippen LogP contribution in [0.5, 0.6) is 11.5 Å². The van der Waals surface area contributed by atoms with Gasteiger partial charge in [-0.25, -0.2) is 10.4 Å². The van der Waals surface area contributed by atoms with Crippen LogP contribution in [0.25, 0.3) is 4.96 Å². The lowest BCUT2D eigenvalue weighted by Gasteiger charge is -2.06. The number of carbonyl (C=O) groups excluding carboxylic acids is 1. The Hall–Kier alpha value is -2.87. The normalized spacial score (nSPS) is 11.2. The van der Waals surface area contributed by atoms with Gasteiger partial charge in [-0.2, -0.15) is 5.10 Å². The van der Waals surface area contributed by atoms with Crippen molar-refractivity contribution in [3.8, 4) is 11.5 Å². The van der Waals surface area contributed by atoms with E-state index >= 15 is 0 Å². The fraction of sp³-hybridized carbons (Fsp3) is 0.188. The number of aryl methyl sites for hydroxylation is 1. The maximum Gasteiger partial charge on any atom is 0.290 e. The molecule has 3 rings (SSSR count). The van der Waals surface area contributed by atoms with E-state index in [1.54, 1.807) is 29.7 Å². The number of amides is 1. The molecule has 2 N–H and O–H groups in total. The first-order valence-electron chi connectivity index (χ1n) is 7.31. The molecule has 8 heteroatoms. The van der Waals surface area contributed by atoms with Gasteiger partial charge in [0.1, 0.15) is 5.69 Å². The Balaban J connectivity index is 1.74. The fourth-order valence-corrected chi connectivity index (χ4v) is 3.03. The zero-order valence-electron chi connectivity index (χ0n) is 13.2. The molecule has 7 nitrogen and oxygen atoms in total. The predicted molar refractivity (Wildman–Crippen MR) is 92.1 cm³/mol. The van der Waals surface area contributed by atoms with E-state index in [4.69, 9.17) is 4.74 Å². The van der Waals surface area contributed by atoms with Crippen molar-refractivity contribution in [3.63, 3.8) is 0 Å². The number of fused-ring (bicyclic) bond motifs is 1. The Morgan fingerprint density at radius 1 is 1.54 bits per heavy atom. The van der Waals surface area contributed by atoms with Gasteiger partial charge in [-0.1, -0.05) is 0 Å². The predicted octanol–water partition coefficient (Wildman–Crippen LogP) is 2.57. The van der Waals surface area contributed by atoms with Crippen molar-refractivity contribution in [3.05, 3.63) is 46.7 Å². The number of phenols is 1. The molecule has 0 unspecified atom stereocenters. The molecule has 2 aromatic heterocycles. The number of hydrogen-bond donors (Lipinski definition) is 2. The van der Waals surface area contributed by atoms with E-state index in [1.807, 2.05) is 12.3 Å². The molecule has 0 atom stereocenters. The summed E-state index contributed by atoms with van der Waals surface area (Å²) in [6, 6.07) is 4.84. The summed E-state index contributed by atoms with van der Waals surface area (Å²) in [7, 11) is 0. The molecule has 0 aliphatic rings. The number of rotatable bonds is 5. The third-order valence-electron chi connectivity index (χ3n) is 3.31. The van der Waals surface area contributed by atoms with Gasteiger partial charge in [-0.05, 0) is 37.6 Å². The van der Waals surface area contributed by atoms with Crippen LogP contribution in [0, 0.1) is 6.92 Å². The van der Waals surface area contributed by atoms with Crippen LogP contribution in [-0.4, -0.2) is 33.2 Å². The summed E-state index contributed by atoms with van der Waals surface area (Å²) in [6.45, 7) is 4.06. The highest BCUT2D eigenvalue weighted by Crippen LogP contribution is 2.26. The van der Waals surface area contributed by atoms with Gasteiger partial charge in [0.2, 0.25) is 0 Å². The van der Waals surface area contributed by atoms with Gasteiger partial charge in [0.25, 0.3) is 5.91 Å².